The first-order valence-corrected chi connectivity index (χ1v) is 8.20. The van der Waals surface area contributed by atoms with Crippen molar-refractivity contribution in [1.82, 2.24) is 25.1 Å². The van der Waals surface area contributed by atoms with Crippen LogP contribution in [0, 0.1) is 6.92 Å². The maximum atomic E-state index is 6.65. The van der Waals surface area contributed by atoms with Crippen molar-refractivity contribution in [1.29, 1.82) is 0 Å². The Bertz CT molecular complexity index is 1060. The third-order valence-corrected chi connectivity index (χ3v) is 4.53. The van der Waals surface area contributed by atoms with Gasteiger partial charge in [0.15, 0.2) is 0 Å². The Morgan fingerprint density at radius 1 is 1.04 bits per heavy atom. The van der Waals surface area contributed by atoms with Crippen molar-refractivity contribution in [3.63, 3.8) is 0 Å². The van der Waals surface area contributed by atoms with Crippen LogP contribution in [0.2, 0.25) is 10.0 Å². The van der Waals surface area contributed by atoms with E-state index in [9.17, 15) is 0 Å². The lowest BCUT2D eigenvalue weighted by Gasteiger charge is -2.16. The zero-order valence-electron chi connectivity index (χ0n) is 13.1. The van der Waals surface area contributed by atoms with Crippen LogP contribution in [0.25, 0.3) is 22.0 Å². The van der Waals surface area contributed by atoms with Gasteiger partial charge in [0.05, 0.1) is 22.4 Å². The van der Waals surface area contributed by atoms with Crippen LogP contribution in [-0.4, -0.2) is 25.1 Å². The molecule has 0 aliphatic carbocycles. The van der Waals surface area contributed by atoms with Crippen molar-refractivity contribution in [3.05, 3.63) is 58.7 Å². The number of benzene rings is 2. The number of anilines is 2. The molecule has 0 fully saturated rings. The Hall–Kier alpha value is -2.70. The minimum absolute atomic E-state index is 0.403. The highest BCUT2D eigenvalue weighted by Crippen LogP contribution is 2.41. The second-order valence-electron chi connectivity index (χ2n) is 5.49. The van der Waals surface area contributed by atoms with Crippen LogP contribution < -0.4 is 5.32 Å². The van der Waals surface area contributed by atoms with Gasteiger partial charge < -0.3 is 5.32 Å². The number of hydrogen-bond acceptors (Lipinski definition) is 5. The third-order valence-electron chi connectivity index (χ3n) is 3.90. The van der Waals surface area contributed by atoms with Crippen molar-refractivity contribution < 1.29 is 0 Å². The molecule has 0 saturated carbocycles. The van der Waals surface area contributed by atoms with E-state index in [0.29, 0.717) is 21.7 Å². The molecule has 0 saturated heterocycles. The zero-order chi connectivity index (χ0) is 17.4. The molecule has 2 N–H and O–H groups in total. The number of fused-ring (bicyclic) bond motifs is 1. The molecule has 2 aromatic carbocycles. The molecule has 124 valence electrons. The molecule has 0 unspecified atom stereocenters. The molecular weight excluding hydrogens is 359 g/mol. The van der Waals surface area contributed by atoms with Crippen LogP contribution >= 0.6 is 23.2 Å². The molecule has 2 heterocycles. The van der Waals surface area contributed by atoms with E-state index in [1.165, 1.54) is 12.7 Å². The molecule has 0 spiro atoms. The highest BCUT2D eigenvalue weighted by molar-refractivity contribution is 6.39. The molecular formula is C17H12Cl2N6. The van der Waals surface area contributed by atoms with Crippen LogP contribution in [-0.2, 0) is 0 Å². The smallest absolute Gasteiger partial charge is 0.230 e. The quantitative estimate of drug-likeness (QED) is 0.542. The molecule has 0 atom stereocenters. The van der Waals surface area contributed by atoms with E-state index in [4.69, 9.17) is 23.2 Å². The van der Waals surface area contributed by atoms with E-state index in [0.717, 1.165) is 27.6 Å². The fraction of sp³-hybridized carbons (Fsp3) is 0.0588. The van der Waals surface area contributed by atoms with E-state index in [1.54, 1.807) is 6.20 Å². The topological polar surface area (TPSA) is 79.4 Å². The Labute approximate surface area is 153 Å². The number of rotatable bonds is 3. The number of aromatic nitrogens is 5. The number of H-pyrrole nitrogens is 1. The Morgan fingerprint density at radius 2 is 1.84 bits per heavy atom. The van der Waals surface area contributed by atoms with Gasteiger partial charge in [0.2, 0.25) is 5.95 Å². The van der Waals surface area contributed by atoms with Gasteiger partial charge in [-0.1, -0.05) is 29.3 Å². The predicted octanol–water partition coefficient (Wildman–Crippen LogP) is 4.77. The zero-order valence-corrected chi connectivity index (χ0v) is 14.6. The molecule has 25 heavy (non-hydrogen) atoms. The highest BCUT2D eigenvalue weighted by atomic mass is 35.5. The highest BCUT2D eigenvalue weighted by Gasteiger charge is 2.17. The number of aromatic amines is 1. The minimum Gasteiger partial charge on any atom is -0.322 e. The molecule has 4 rings (SSSR count). The van der Waals surface area contributed by atoms with Crippen LogP contribution in [0.5, 0.6) is 0 Å². The van der Waals surface area contributed by atoms with Crippen LogP contribution in [0.1, 0.15) is 5.56 Å². The van der Waals surface area contributed by atoms with Crippen molar-refractivity contribution in [2.45, 2.75) is 6.92 Å². The van der Waals surface area contributed by atoms with E-state index in [1.807, 2.05) is 31.2 Å². The number of aryl methyl sites for hydroxylation is 1. The fourth-order valence-corrected chi connectivity index (χ4v) is 3.16. The molecule has 8 heteroatoms. The molecule has 0 radical (unpaired) electrons. The van der Waals surface area contributed by atoms with Crippen molar-refractivity contribution in [3.8, 4) is 11.1 Å². The molecule has 4 aromatic rings. The Balaban J connectivity index is 1.98. The van der Waals surface area contributed by atoms with Crippen LogP contribution in [0.3, 0.4) is 0 Å². The predicted molar refractivity (Wildman–Crippen MR) is 99.4 cm³/mol. The second kappa shape index (κ2) is 6.31. The Kier molecular flexibility index (Phi) is 3.99. The summed E-state index contributed by atoms with van der Waals surface area (Å²) in [5, 5.41) is 12.2. The van der Waals surface area contributed by atoms with Crippen molar-refractivity contribution in [2.24, 2.45) is 0 Å². The van der Waals surface area contributed by atoms with Crippen molar-refractivity contribution in [2.75, 3.05) is 5.32 Å². The first-order chi connectivity index (χ1) is 12.1. The fourth-order valence-electron chi connectivity index (χ4n) is 2.69. The molecule has 0 bridgehead atoms. The first kappa shape index (κ1) is 15.8. The summed E-state index contributed by atoms with van der Waals surface area (Å²) in [4.78, 5) is 12.1. The monoisotopic (exact) mass is 370 g/mol. The third kappa shape index (κ3) is 2.90. The van der Waals surface area contributed by atoms with Gasteiger partial charge in [0.25, 0.3) is 0 Å². The maximum Gasteiger partial charge on any atom is 0.230 e. The summed E-state index contributed by atoms with van der Waals surface area (Å²) in [7, 11) is 0. The first-order valence-electron chi connectivity index (χ1n) is 7.44. The number of halogens is 2. The van der Waals surface area contributed by atoms with Gasteiger partial charge in [-0.25, -0.2) is 15.0 Å². The van der Waals surface area contributed by atoms with E-state index in [-0.39, 0.29) is 0 Å². The summed E-state index contributed by atoms with van der Waals surface area (Å²) in [6.07, 6.45) is 4.53. The lowest BCUT2D eigenvalue weighted by atomic mass is 9.97. The molecule has 0 amide bonds. The SMILES string of the molecule is Cc1ccc(Cl)cc1-c1cc2[nH]ncc2c(Cl)c1Nc1ncncn1. The van der Waals surface area contributed by atoms with Gasteiger partial charge in [0.1, 0.15) is 12.7 Å². The molecule has 0 aliphatic rings. The summed E-state index contributed by atoms with van der Waals surface area (Å²) in [5.41, 5.74) is 4.43. The van der Waals surface area contributed by atoms with E-state index >= 15 is 0 Å². The second-order valence-corrected chi connectivity index (χ2v) is 6.30. The normalized spacial score (nSPS) is 11.0. The van der Waals surface area contributed by atoms with Crippen LogP contribution in [0.4, 0.5) is 11.6 Å². The van der Waals surface area contributed by atoms with Gasteiger partial charge in [-0.3, -0.25) is 5.10 Å². The minimum atomic E-state index is 0.403. The number of nitrogens with one attached hydrogen (secondary N) is 2. The Morgan fingerprint density at radius 3 is 2.64 bits per heavy atom. The lowest BCUT2D eigenvalue weighted by molar-refractivity contribution is 1.05. The van der Waals surface area contributed by atoms with E-state index in [2.05, 4.69) is 30.5 Å². The average molecular weight is 371 g/mol. The molecule has 6 nitrogen and oxygen atoms in total. The standard InChI is InChI=1S/C17H12Cl2N6/c1-9-2-3-10(18)4-11(9)12-5-14-13(6-23-25-14)15(19)16(12)24-17-21-7-20-8-22-17/h2-8H,1H3,(H,23,25)(H,20,21,22,24). The van der Waals surface area contributed by atoms with Crippen molar-refractivity contribution >= 4 is 45.7 Å². The van der Waals surface area contributed by atoms with Gasteiger partial charge in [0, 0.05) is 16.0 Å². The molecule has 2 aromatic heterocycles. The molecule has 0 aliphatic heterocycles. The summed E-state index contributed by atoms with van der Waals surface area (Å²) in [6.45, 7) is 2.02. The summed E-state index contributed by atoms with van der Waals surface area (Å²) >= 11 is 12.9. The number of nitrogens with zero attached hydrogens (tertiary/aromatic N) is 4. The summed E-state index contributed by atoms with van der Waals surface area (Å²) in [6, 6.07) is 7.71. The number of hydrogen-bond donors (Lipinski definition) is 2. The largest absolute Gasteiger partial charge is 0.322 e. The van der Waals surface area contributed by atoms with Gasteiger partial charge in [-0.05, 0) is 36.2 Å². The summed E-state index contributed by atoms with van der Waals surface area (Å²) < 4.78 is 0. The van der Waals surface area contributed by atoms with Gasteiger partial charge in [-0.2, -0.15) is 5.10 Å². The maximum absolute atomic E-state index is 6.65. The van der Waals surface area contributed by atoms with Gasteiger partial charge >= 0.3 is 0 Å². The van der Waals surface area contributed by atoms with E-state index < -0.39 is 0 Å². The van der Waals surface area contributed by atoms with Gasteiger partial charge in [-0.15, -0.1) is 0 Å². The lowest BCUT2D eigenvalue weighted by Crippen LogP contribution is -2.00. The summed E-state index contributed by atoms with van der Waals surface area (Å²) in [5.74, 6) is 0.403. The average Bonchev–Trinajstić information content (AvgIpc) is 3.09. The van der Waals surface area contributed by atoms with Crippen LogP contribution in [0.15, 0.2) is 43.1 Å².